The number of carbonyl (C=O) groups is 1. The van der Waals surface area contributed by atoms with Gasteiger partial charge in [0.15, 0.2) is 6.61 Å². The zero-order valence-corrected chi connectivity index (χ0v) is 13.1. The molecule has 0 saturated heterocycles. The SMILES string of the molecule is N#Cc1ccc(OCC(=O)Nc2ccccc2Br)c(Cl)c1. The predicted octanol–water partition coefficient (Wildman–Crippen LogP) is 3.99. The molecule has 0 bridgehead atoms. The van der Waals surface area contributed by atoms with Crippen molar-refractivity contribution in [2.45, 2.75) is 0 Å². The number of hydrogen-bond donors (Lipinski definition) is 1. The summed E-state index contributed by atoms with van der Waals surface area (Å²) in [5.41, 5.74) is 1.10. The highest BCUT2D eigenvalue weighted by molar-refractivity contribution is 9.10. The van der Waals surface area contributed by atoms with Gasteiger partial charge in [-0.3, -0.25) is 4.79 Å². The zero-order valence-electron chi connectivity index (χ0n) is 10.8. The van der Waals surface area contributed by atoms with Crippen molar-refractivity contribution < 1.29 is 9.53 Å². The summed E-state index contributed by atoms with van der Waals surface area (Å²) in [4.78, 5) is 11.8. The van der Waals surface area contributed by atoms with E-state index in [1.807, 2.05) is 24.3 Å². The minimum atomic E-state index is -0.303. The molecule has 0 radical (unpaired) electrons. The highest BCUT2D eigenvalue weighted by Gasteiger charge is 2.08. The van der Waals surface area contributed by atoms with Crippen LogP contribution in [0.3, 0.4) is 0 Å². The number of rotatable bonds is 4. The average Bonchev–Trinajstić information content (AvgIpc) is 2.48. The zero-order chi connectivity index (χ0) is 15.2. The van der Waals surface area contributed by atoms with Crippen LogP contribution in [-0.2, 0) is 4.79 Å². The van der Waals surface area contributed by atoms with E-state index in [-0.39, 0.29) is 12.5 Å². The van der Waals surface area contributed by atoms with Crippen molar-refractivity contribution in [3.8, 4) is 11.8 Å². The van der Waals surface area contributed by atoms with E-state index in [4.69, 9.17) is 21.6 Å². The first-order valence-electron chi connectivity index (χ1n) is 5.97. The van der Waals surface area contributed by atoms with Gasteiger partial charge in [0.1, 0.15) is 5.75 Å². The largest absolute Gasteiger partial charge is 0.482 e. The summed E-state index contributed by atoms with van der Waals surface area (Å²) >= 11 is 9.30. The highest BCUT2D eigenvalue weighted by atomic mass is 79.9. The van der Waals surface area contributed by atoms with Crippen LogP contribution in [0.15, 0.2) is 46.9 Å². The maximum atomic E-state index is 11.8. The van der Waals surface area contributed by atoms with Crippen molar-refractivity contribution in [3.63, 3.8) is 0 Å². The first-order chi connectivity index (χ1) is 10.1. The molecule has 0 aromatic heterocycles. The fraction of sp³-hybridized carbons (Fsp3) is 0.0667. The molecule has 0 aliphatic rings. The molecule has 0 unspecified atom stereocenters. The second kappa shape index (κ2) is 7.11. The van der Waals surface area contributed by atoms with Gasteiger partial charge in [-0.25, -0.2) is 0 Å². The minimum absolute atomic E-state index is 0.174. The molecule has 21 heavy (non-hydrogen) atoms. The van der Waals surface area contributed by atoms with Crippen molar-refractivity contribution in [1.82, 2.24) is 0 Å². The number of halogens is 2. The van der Waals surface area contributed by atoms with Crippen LogP contribution in [0.4, 0.5) is 5.69 Å². The molecule has 0 aliphatic heterocycles. The first-order valence-corrected chi connectivity index (χ1v) is 7.14. The maximum Gasteiger partial charge on any atom is 0.262 e. The summed E-state index contributed by atoms with van der Waals surface area (Å²) in [6.07, 6.45) is 0. The molecule has 0 aliphatic carbocycles. The Bertz CT molecular complexity index is 713. The monoisotopic (exact) mass is 364 g/mol. The second-order valence-corrected chi connectivity index (χ2v) is 5.34. The lowest BCUT2D eigenvalue weighted by molar-refractivity contribution is -0.118. The molecule has 0 saturated carbocycles. The molecule has 2 rings (SSSR count). The number of nitrogens with one attached hydrogen (secondary N) is 1. The lowest BCUT2D eigenvalue weighted by Gasteiger charge is -2.09. The molecule has 2 aromatic carbocycles. The van der Waals surface area contributed by atoms with Crippen LogP contribution in [0.25, 0.3) is 0 Å². The summed E-state index contributed by atoms with van der Waals surface area (Å²) in [6, 6.07) is 13.9. The molecule has 2 aromatic rings. The van der Waals surface area contributed by atoms with Gasteiger partial charge < -0.3 is 10.1 Å². The van der Waals surface area contributed by atoms with Gasteiger partial charge >= 0.3 is 0 Å². The molecule has 1 N–H and O–H groups in total. The van der Waals surface area contributed by atoms with Gasteiger partial charge in [0.25, 0.3) is 5.91 Å². The quantitative estimate of drug-likeness (QED) is 0.891. The third-order valence-electron chi connectivity index (χ3n) is 2.57. The van der Waals surface area contributed by atoms with Crippen LogP contribution in [0, 0.1) is 11.3 Å². The molecule has 0 atom stereocenters. The van der Waals surface area contributed by atoms with Gasteiger partial charge in [-0.15, -0.1) is 0 Å². The summed E-state index contributed by atoms with van der Waals surface area (Å²) in [7, 11) is 0. The summed E-state index contributed by atoms with van der Waals surface area (Å²) < 4.78 is 6.13. The Morgan fingerprint density at radius 1 is 1.33 bits per heavy atom. The third-order valence-corrected chi connectivity index (χ3v) is 3.55. The van der Waals surface area contributed by atoms with Crippen molar-refractivity contribution in [2.24, 2.45) is 0 Å². The Morgan fingerprint density at radius 3 is 2.76 bits per heavy atom. The molecule has 4 nitrogen and oxygen atoms in total. The molecular weight excluding hydrogens is 356 g/mol. The van der Waals surface area contributed by atoms with E-state index in [0.29, 0.717) is 22.0 Å². The van der Waals surface area contributed by atoms with Crippen molar-refractivity contribution in [1.29, 1.82) is 5.26 Å². The van der Waals surface area contributed by atoms with E-state index in [0.717, 1.165) is 4.47 Å². The third kappa shape index (κ3) is 4.22. The number of ether oxygens (including phenoxy) is 1. The van der Waals surface area contributed by atoms with Gasteiger partial charge in [0, 0.05) is 4.47 Å². The standard InChI is InChI=1S/C15H10BrClN2O2/c16-11-3-1-2-4-13(11)19-15(20)9-21-14-6-5-10(8-18)7-12(14)17/h1-7H,9H2,(H,19,20). The highest BCUT2D eigenvalue weighted by Crippen LogP contribution is 2.25. The molecule has 1 amide bonds. The Morgan fingerprint density at radius 2 is 2.10 bits per heavy atom. The Kier molecular flexibility index (Phi) is 5.20. The van der Waals surface area contributed by atoms with Crippen LogP contribution in [0.2, 0.25) is 5.02 Å². The van der Waals surface area contributed by atoms with E-state index in [1.54, 1.807) is 18.2 Å². The van der Waals surface area contributed by atoms with Crippen molar-refractivity contribution in [3.05, 3.63) is 57.5 Å². The number of para-hydroxylation sites is 1. The number of nitrogens with zero attached hydrogens (tertiary/aromatic N) is 1. The summed E-state index contributed by atoms with van der Waals surface area (Å²) in [5, 5.41) is 11.8. The number of amides is 1. The number of hydrogen-bond acceptors (Lipinski definition) is 3. The topological polar surface area (TPSA) is 62.1 Å². The maximum absolute atomic E-state index is 11.8. The fourth-order valence-electron chi connectivity index (χ4n) is 1.58. The fourth-order valence-corrected chi connectivity index (χ4v) is 2.20. The molecule has 6 heteroatoms. The predicted molar refractivity (Wildman–Crippen MR) is 84.4 cm³/mol. The normalized spacial score (nSPS) is 9.76. The first kappa shape index (κ1) is 15.4. The lowest BCUT2D eigenvalue weighted by atomic mass is 10.2. The van der Waals surface area contributed by atoms with Crippen molar-refractivity contribution in [2.75, 3.05) is 11.9 Å². The Balaban J connectivity index is 1.96. The molecular formula is C15H10BrClN2O2. The smallest absolute Gasteiger partial charge is 0.262 e. The van der Waals surface area contributed by atoms with E-state index in [1.165, 1.54) is 6.07 Å². The van der Waals surface area contributed by atoms with Crippen molar-refractivity contribution >= 4 is 39.1 Å². The lowest BCUT2D eigenvalue weighted by Crippen LogP contribution is -2.20. The summed E-state index contributed by atoms with van der Waals surface area (Å²) in [5.74, 6) is 0.0558. The van der Waals surface area contributed by atoms with Crippen LogP contribution >= 0.6 is 27.5 Å². The van der Waals surface area contributed by atoms with Crippen LogP contribution in [-0.4, -0.2) is 12.5 Å². The minimum Gasteiger partial charge on any atom is -0.482 e. The second-order valence-electron chi connectivity index (χ2n) is 4.07. The van der Waals surface area contributed by atoms with Crippen LogP contribution < -0.4 is 10.1 Å². The molecule has 106 valence electrons. The van der Waals surface area contributed by atoms with Crippen LogP contribution in [0.1, 0.15) is 5.56 Å². The number of carbonyl (C=O) groups excluding carboxylic acids is 1. The van der Waals surface area contributed by atoms with Gasteiger partial charge in [-0.05, 0) is 46.3 Å². The summed E-state index contributed by atoms with van der Waals surface area (Å²) in [6.45, 7) is -0.174. The number of anilines is 1. The van der Waals surface area contributed by atoms with Gasteiger partial charge in [-0.2, -0.15) is 5.26 Å². The number of nitriles is 1. The Hall–Kier alpha value is -2.03. The van der Waals surface area contributed by atoms with Gasteiger partial charge in [-0.1, -0.05) is 23.7 Å². The average molecular weight is 366 g/mol. The molecule has 0 fully saturated rings. The Labute approximate surface area is 135 Å². The molecule has 0 spiro atoms. The van der Waals surface area contributed by atoms with E-state index >= 15 is 0 Å². The molecule has 0 heterocycles. The number of benzene rings is 2. The van der Waals surface area contributed by atoms with E-state index in [2.05, 4.69) is 21.2 Å². The van der Waals surface area contributed by atoms with E-state index < -0.39 is 0 Å². The van der Waals surface area contributed by atoms with Gasteiger partial charge in [0.2, 0.25) is 0 Å². The van der Waals surface area contributed by atoms with Crippen LogP contribution in [0.5, 0.6) is 5.75 Å². The van der Waals surface area contributed by atoms with Gasteiger partial charge in [0.05, 0.1) is 22.3 Å². The van der Waals surface area contributed by atoms with E-state index in [9.17, 15) is 4.79 Å².